The lowest BCUT2D eigenvalue weighted by Crippen LogP contribution is -2.44. The Kier molecular flexibility index (Phi) is 11.1. The average Bonchev–Trinajstić information content (AvgIpc) is 2.42. The smallest absolute Gasteiger partial charge is 0.326 e. The number of unbranched alkanes of at least 4 members (excludes halogenated alkanes) is 6. The van der Waals surface area contributed by atoms with Crippen LogP contribution in [0.3, 0.4) is 0 Å². The second-order valence-electron chi connectivity index (χ2n) is 5.64. The summed E-state index contributed by atoms with van der Waals surface area (Å²) in [6.45, 7) is 5.98. The van der Waals surface area contributed by atoms with Crippen LogP contribution in [-0.2, 0) is 9.59 Å². The monoisotopic (exact) mass is 285 g/mol. The van der Waals surface area contributed by atoms with Gasteiger partial charge < -0.3 is 10.4 Å². The van der Waals surface area contributed by atoms with Crippen molar-refractivity contribution in [2.75, 3.05) is 0 Å². The van der Waals surface area contributed by atoms with Crippen LogP contribution < -0.4 is 5.32 Å². The number of hydrogen-bond acceptors (Lipinski definition) is 2. The van der Waals surface area contributed by atoms with E-state index in [1.165, 1.54) is 32.1 Å². The number of carbonyl (C=O) groups is 2. The van der Waals surface area contributed by atoms with Crippen LogP contribution in [0.5, 0.6) is 0 Å². The molecule has 0 saturated heterocycles. The molecule has 2 atom stereocenters. The highest BCUT2D eigenvalue weighted by Gasteiger charge is 2.24. The first-order valence-corrected chi connectivity index (χ1v) is 8.05. The van der Waals surface area contributed by atoms with E-state index in [4.69, 9.17) is 5.11 Å². The quantitative estimate of drug-likeness (QED) is 0.537. The van der Waals surface area contributed by atoms with Gasteiger partial charge in [0.15, 0.2) is 0 Å². The summed E-state index contributed by atoms with van der Waals surface area (Å²) in [5.74, 6) is -1.11. The van der Waals surface area contributed by atoms with Gasteiger partial charge in [0.1, 0.15) is 6.04 Å². The first-order valence-electron chi connectivity index (χ1n) is 8.05. The van der Waals surface area contributed by atoms with Gasteiger partial charge in [-0.15, -0.1) is 0 Å². The van der Waals surface area contributed by atoms with Crippen LogP contribution in [0.1, 0.15) is 78.6 Å². The zero-order valence-corrected chi connectivity index (χ0v) is 13.3. The van der Waals surface area contributed by atoms with Gasteiger partial charge in [-0.2, -0.15) is 0 Å². The summed E-state index contributed by atoms with van der Waals surface area (Å²) in [5.41, 5.74) is 0. The van der Waals surface area contributed by atoms with E-state index in [0.29, 0.717) is 6.42 Å². The highest BCUT2D eigenvalue weighted by molar-refractivity contribution is 5.83. The van der Waals surface area contributed by atoms with E-state index < -0.39 is 12.0 Å². The van der Waals surface area contributed by atoms with Crippen molar-refractivity contribution in [3.8, 4) is 0 Å². The molecule has 0 aromatic heterocycles. The molecule has 1 amide bonds. The molecule has 0 spiro atoms. The van der Waals surface area contributed by atoms with Gasteiger partial charge >= 0.3 is 5.97 Å². The summed E-state index contributed by atoms with van der Waals surface area (Å²) in [5, 5.41) is 11.7. The predicted octanol–water partition coefficient (Wildman–Crippen LogP) is 3.74. The summed E-state index contributed by atoms with van der Waals surface area (Å²) >= 11 is 0. The fourth-order valence-corrected chi connectivity index (χ4v) is 2.17. The van der Waals surface area contributed by atoms with Crippen molar-refractivity contribution in [2.45, 2.75) is 84.6 Å². The van der Waals surface area contributed by atoms with Crippen molar-refractivity contribution < 1.29 is 14.7 Å². The van der Waals surface area contributed by atoms with Crippen LogP contribution >= 0.6 is 0 Å². The van der Waals surface area contributed by atoms with Crippen molar-refractivity contribution in [3.05, 3.63) is 0 Å². The van der Waals surface area contributed by atoms with Crippen LogP contribution in [0.4, 0.5) is 0 Å². The van der Waals surface area contributed by atoms with E-state index in [2.05, 4.69) is 12.2 Å². The third-order valence-corrected chi connectivity index (χ3v) is 3.80. The standard InChI is InChI=1S/C16H31NO3/c1-4-6-7-8-9-10-11-12-14(18)17-15(16(19)20)13(3)5-2/h13,15H,4-12H2,1-3H3,(H,17,18)(H,19,20). The van der Waals surface area contributed by atoms with Crippen LogP contribution in [0.25, 0.3) is 0 Å². The molecule has 4 nitrogen and oxygen atoms in total. The topological polar surface area (TPSA) is 66.4 Å². The highest BCUT2D eigenvalue weighted by Crippen LogP contribution is 2.10. The SMILES string of the molecule is CCCCCCCCCC(=O)NC(C(=O)O)C(C)CC. The number of aliphatic carboxylic acids is 1. The lowest BCUT2D eigenvalue weighted by molar-refractivity contribution is -0.143. The molecule has 0 aliphatic carbocycles. The number of carboxylic acid groups (broad SMARTS) is 1. The Morgan fingerprint density at radius 3 is 2.05 bits per heavy atom. The molecule has 0 bridgehead atoms. The van der Waals surface area contributed by atoms with Gasteiger partial charge in [0, 0.05) is 6.42 Å². The minimum atomic E-state index is -0.938. The van der Waals surface area contributed by atoms with E-state index in [-0.39, 0.29) is 11.8 Å². The maximum atomic E-state index is 11.7. The average molecular weight is 285 g/mol. The molecule has 0 rings (SSSR count). The van der Waals surface area contributed by atoms with Gasteiger partial charge in [-0.05, 0) is 12.3 Å². The maximum Gasteiger partial charge on any atom is 0.326 e. The Morgan fingerprint density at radius 1 is 1.00 bits per heavy atom. The zero-order valence-electron chi connectivity index (χ0n) is 13.3. The van der Waals surface area contributed by atoms with Crippen molar-refractivity contribution >= 4 is 11.9 Å². The molecule has 2 unspecified atom stereocenters. The van der Waals surface area contributed by atoms with Gasteiger partial charge in [-0.1, -0.05) is 65.7 Å². The molecule has 0 saturated carbocycles. The van der Waals surface area contributed by atoms with E-state index in [9.17, 15) is 9.59 Å². The normalized spacial score (nSPS) is 13.8. The summed E-state index contributed by atoms with van der Waals surface area (Å²) < 4.78 is 0. The molecule has 4 heteroatoms. The Labute approximate surface area is 123 Å². The molecular formula is C16H31NO3. The third-order valence-electron chi connectivity index (χ3n) is 3.80. The van der Waals surface area contributed by atoms with Crippen LogP contribution in [0, 0.1) is 5.92 Å². The summed E-state index contributed by atoms with van der Waals surface area (Å²) in [6, 6.07) is -0.753. The minimum Gasteiger partial charge on any atom is -0.480 e. The predicted molar refractivity (Wildman–Crippen MR) is 81.6 cm³/mol. The molecule has 0 aromatic carbocycles. The molecule has 0 fully saturated rings. The van der Waals surface area contributed by atoms with Gasteiger partial charge in [0.25, 0.3) is 0 Å². The van der Waals surface area contributed by atoms with Crippen molar-refractivity contribution in [1.29, 1.82) is 0 Å². The Hall–Kier alpha value is -1.06. The summed E-state index contributed by atoms with van der Waals surface area (Å²) in [7, 11) is 0. The second kappa shape index (κ2) is 11.7. The maximum absolute atomic E-state index is 11.7. The fraction of sp³-hybridized carbons (Fsp3) is 0.875. The number of rotatable bonds is 12. The molecule has 0 heterocycles. The van der Waals surface area contributed by atoms with E-state index in [1.54, 1.807) is 0 Å². The van der Waals surface area contributed by atoms with Crippen molar-refractivity contribution in [1.82, 2.24) is 5.32 Å². The molecule has 20 heavy (non-hydrogen) atoms. The van der Waals surface area contributed by atoms with Crippen LogP contribution in [-0.4, -0.2) is 23.0 Å². The molecule has 0 aromatic rings. The Balaban J connectivity index is 3.78. The Morgan fingerprint density at radius 2 is 1.55 bits per heavy atom. The fourth-order valence-electron chi connectivity index (χ4n) is 2.17. The lowest BCUT2D eigenvalue weighted by Gasteiger charge is -2.20. The lowest BCUT2D eigenvalue weighted by atomic mass is 9.99. The number of carboxylic acids is 1. The van der Waals surface area contributed by atoms with Gasteiger partial charge in [0.2, 0.25) is 5.91 Å². The van der Waals surface area contributed by atoms with Gasteiger partial charge in [0.05, 0.1) is 0 Å². The third kappa shape index (κ3) is 8.94. The number of carbonyl (C=O) groups excluding carboxylic acids is 1. The molecule has 0 aliphatic rings. The number of hydrogen-bond donors (Lipinski definition) is 2. The van der Waals surface area contributed by atoms with Crippen LogP contribution in [0.15, 0.2) is 0 Å². The van der Waals surface area contributed by atoms with Gasteiger partial charge in [-0.3, -0.25) is 4.79 Å². The Bertz CT molecular complexity index is 279. The summed E-state index contributed by atoms with van der Waals surface area (Å²) in [4.78, 5) is 22.8. The first-order chi connectivity index (χ1) is 9.52. The zero-order chi connectivity index (χ0) is 15.4. The highest BCUT2D eigenvalue weighted by atomic mass is 16.4. The van der Waals surface area contributed by atoms with Crippen molar-refractivity contribution in [3.63, 3.8) is 0 Å². The van der Waals surface area contributed by atoms with Gasteiger partial charge in [-0.25, -0.2) is 4.79 Å². The first kappa shape index (κ1) is 18.9. The molecule has 118 valence electrons. The number of amides is 1. The minimum absolute atomic E-state index is 0.0366. The van der Waals surface area contributed by atoms with Crippen molar-refractivity contribution in [2.24, 2.45) is 5.92 Å². The van der Waals surface area contributed by atoms with E-state index in [0.717, 1.165) is 19.3 Å². The molecule has 0 radical (unpaired) electrons. The molecule has 2 N–H and O–H groups in total. The summed E-state index contributed by atoms with van der Waals surface area (Å²) in [6.07, 6.45) is 9.30. The second-order valence-corrected chi connectivity index (χ2v) is 5.64. The largest absolute Gasteiger partial charge is 0.480 e. The van der Waals surface area contributed by atoms with E-state index in [1.807, 2.05) is 13.8 Å². The molecule has 0 aliphatic heterocycles. The van der Waals surface area contributed by atoms with E-state index >= 15 is 0 Å². The molecular weight excluding hydrogens is 254 g/mol. The van der Waals surface area contributed by atoms with Crippen LogP contribution in [0.2, 0.25) is 0 Å². The number of nitrogens with one attached hydrogen (secondary N) is 1.